The van der Waals surface area contributed by atoms with Crippen molar-refractivity contribution < 1.29 is 9.21 Å². The van der Waals surface area contributed by atoms with Crippen LogP contribution in [0.5, 0.6) is 0 Å². The fourth-order valence-electron chi connectivity index (χ4n) is 3.41. The van der Waals surface area contributed by atoms with Gasteiger partial charge in [-0.15, -0.1) is 0 Å². The third kappa shape index (κ3) is 3.67. The summed E-state index contributed by atoms with van der Waals surface area (Å²) in [5.41, 5.74) is 6.03. The lowest BCUT2D eigenvalue weighted by Gasteiger charge is -2.29. The van der Waals surface area contributed by atoms with E-state index in [0.29, 0.717) is 11.6 Å². The van der Waals surface area contributed by atoms with Crippen molar-refractivity contribution >= 4 is 23.2 Å². The first kappa shape index (κ1) is 18.0. The van der Waals surface area contributed by atoms with Gasteiger partial charge in [-0.25, -0.2) is 4.98 Å². The number of nitrogens with one attached hydrogen (secondary N) is 1. The lowest BCUT2D eigenvalue weighted by atomic mass is 9.95. The average molecular weight is 374 g/mol. The van der Waals surface area contributed by atoms with Crippen LogP contribution in [0, 0.1) is 6.92 Å². The summed E-state index contributed by atoms with van der Waals surface area (Å²) in [4.78, 5) is 22.9. The van der Waals surface area contributed by atoms with Crippen molar-refractivity contribution in [2.75, 3.05) is 23.3 Å². The number of oxazole rings is 1. The highest BCUT2D eigenvalue weighted by Crippen LogP contribution is 2.29. The Morgan fingerprint density at radius 1 is 1.14 bits per heavy atom. The predicted octanol–water partition coefficient (Wildman–Crippen LogP) is 4.31. The quantitative estimate of drug-likeness (QED) is 0.737. The van der Waals surface area contributed by atoms with Crippen LogP contribution < -0.4 is 10.2 Å². The highest BCUT2D eigenvalue weighted by atomic mass is 16.4. The molecule has 0 bridgehead atoms. The third-order valence-corrected chi connectivity index (χ3v) is 5.07. The summed E-state index contributed by atoms with van der Waals surface area (Å²) in [5, 5.41) is 2.95. The number of nitrogens with zero attached hydrogens (tertiary/aromatic N) is 3. The van der Waals surface area contributed by atoms with Gasteiger partial charge in [0.05, 0.1) is 6.20 Å². The van der Waals surface area contributed by atoms with Gasteiger partial charge in [-0.2, -0.15) is 0 Å². The fourth-order valence-corrected chi connectivity index (χ4v) is 3.41. The average Bonchev–Trinajstić information content (AvgIpc) is 3.24. The smallest absolute Gasteiger partial charge is 0.297 e. The number of rotatable bonds is 4. The van der Waals surface area contributed by atoms with Crippen molar-refractivity contribution in [2.24, 2.45) is 0 Å². The summed E-state index contributed by atoms with van der Waals surface area (Å²) in [6.07, 6.45) is 7.56. The summed E-state index contributed by atoms with van der Waals surface area (Å²) in [6.45, 7) is 5.71. The molecule has 3 aromatic rings. The van der Waals surface area contributed by atoms with Gasteiger partial charge in [0.15, 0.2) is 0 Å². The molecule has 0 aliphatic carbocycles. The number of anilines is 2. The molecule has 1 aliphatic heterocycles. The molecule has 2 aromatic heterocycles. The first-order valence-electron chi connectivity index (χ1n) is 9.27. The Bertz CT molecular complexity index is 1010. The molecule has 6 nitrogen and oxygen atoms in total. The standard InChI is InChI=1S/C22H22N4O2/c1-15-8-11-26(22-24-10-12-28-22)14-20(15)17-3-5-18(6-4-17)25-21(27)19-7-9-23-13-16(19)2/h3-7,9-10,12-13H,8,11,14H2,1-2H3,(H,25,27). The summed E-state index contributed by atoms with van der Waals surface area (Å²) >= 11 is 0. The minimum absolute atomic E-state index is 0.129. The third-order valence-electron chi connectivity index (χ3n) is 5.07. The second-order valence-corrected chi connectivity index (χ2v) is 6.97. The SMILES string of the molecule is CC1=C(c2ccc(NC(=O)c3ccncc3C)cc2)CN(c2ncco2)CC1. The number of hydrogen-bond acceptors (Lipinski definition) is 5. The number of pyridine rings is 1. The molecule has 28 heavy (non-hydrogen) atoms. The van der Waals surface area contributed by atoms with E-state index in [2.05, 4.69) is 27.1 Å². The second kappa shape index (κ2) is 7.68. The zero-order valence-corrected chi connectivity index (χ0v) is 16.0. The molecule has 3 heterocycles. The van der Waals surface area contributed by atoms with Crippen molar-refractivity contribution in [3.8, 4) is 0 Å². The van der Waals surface area contributed by atoms with Crippen LogP contribution in [0.4, 0.5) is 11.7 Å². The Morgan fingerprint density at radius 2 is 1.96 bits per heavy atom. The molecule has 1 amide bonds. The molecule has 1 N–H and O–H groups in total. The molecule has 4 rings (SSSR count). The molecule has 0 unspecified atom stereocenters. The molecule has 0 saturated carbocycles. The van der Waals surface area contributed by atoms with Gasteiger partial charge in [0.2, 0.25) is 0 Å². The number of aromatic nitrogens is 2. The molecule has 0 atom stereocenters. The number of amides is 1. The number of aryl methyl sites for hydroxylation is 1. The monoisotopic (exact) mass is 374 g/mol. The molecule has 0 radical (unpaired) electrons. The number of carbonyl (C=O) groups is 1. The van der Waals surface area contributed by atoms with E-state index in [1.807, 2.05) is 31.2 Å². The van der Waals surface area contributed by atoms with Gasteiger partial charge in [-0.05, 0) is 55.2 Å². The van der Waals surface area contributed by atoms with Gasteiger partial charge in [0, 0.05) is 36.7 Å². The molecule has 142 valence electrons. The van der Waals surface area contributed by atoms with Crippen LogP contribution in [-0.2, 0) is 0 Å². The van der Waals surface area contributed by atoms with Gasteiger partial charge in [0.1, 0.15) is 6.26 Å². The van der Waals surface area contributed by atoms with Crippen molar-refractivity contribution in [1.82, 2.24) is 9.97 Å². The van der Waals surface area contributed by atoms with E-state index in [4.69, 9.17) is 4.42 Å². The van der Waals surface area contributed by atoms with Gasteiger partial charge in [0.25, 0.3) is 11.9 Å². The first-order valence-corrected chi connectivity index (χ1v) is 9.27. The van der Waals surface area contributed by atoms with Crippen LogP contribution in [0.3, 0.4) is 0 Å². The largest absolute Gasteiger partial charge is 0.432 e. The van der Waals surface area contributed by atoms with Crippen molar-refractivity contribution in [3.05, 3.63) is 77.4 Å². The lowest BCUT2D eigenvalue weighted by Crippen LogP contribution is -2.31. The molecule has 1 aromatic carbocycles. The summed E-state index contributed by atoms with van der Waals surface area (Å²) < 4.78 is 5.45. The summed E-state index contributed by atoms with van der Waals surface area (Å²) in [5.74, 6) is -0.129. The van der Waals surface area contributed by atoms with E-state index in [-0.39, 0.29) is 5.91 Å². The Morgan fingerprint density at radius 3 is 2.68 bits per heavy atom. The van der Waals surface area contributed by atoms with E-state index >= 15 is 0 Å². The fraction of sp³-hybridized carbons (Fsp3) is 0.227. The van der Waals surface area contributed by atoms with E-state index in [0.717, 1.165) is 36.3 Å². The van der Waals surface area contributed by atoms with Gasteiger partial charge in [-0.3, -0.25) is 9.78 Å². The van der Waals surface area contributed by atoms with Crippen LogP contribution in [0.2, 0.25) is 0 Å². The topological polar surface area (TPSA) is 71.3 Å². The normalized spacial score (nSPS) is 14.3. The summed E-state index contributed by atoms with van der Waals surface area (Å²) in [6, 6.07) is 10.4. The molecular weight excluding hydrogens is 352 g/mol. The highest BCUT2D eigenvalue weighted by molar-refractivity contribution is 6.05. The van der Waals surface area contributed by atoms with Crippen LogP contribution >= 0.6 is 0 Å². The van der Waals surface area contributed by atoms with E-state index in [1.54, 1.807) is 30.9 Å². The van der Waals surface area contributed by atoms with Crippen LogP contribution in [0.1, 0.15) is 34.8 Å². The molecular formula is C22H22N4O2. The Labute approximate surface area is 163 Å². The van der Waals surface area contributed by atoms with Crippen LogP contribution in [-0.4, -0.2) is 29.0 Å². The van der Waals surface area contributed by atoms with Crippen molar-refractivity contribution in [3.63, 3.8) is 0 Å². The molecule has 6 heteroatoms. The zero-order valence-electron chi connectivity index (χ0n) is 16.0. The van der Waals surface area contributed by atoms with Crippen molar-refractivity contribution in [2.45, 2.75) is 20.3 Å². The maximum atomic E-state index is 12.5. The Hall–Kier alpha value is -3.41. The lowest BCUT2D eigenvalue weighted by molar-refractivity contribution is 0.102. The zero-order chi connectivity index (χ0) is 19.5. The van der Waals surface area contributed by atoms with Gasteiger partial charge >= 0.3 is 0 Å². The van der Waals surface area contributed by atoms with Crippen LogP contribution in [0.15, 0.2) is 65.2 Å². The van der Waals surface area contributed by atoms with Gasteiger partial charge in [-0.1, -0.05) is 17.7 Å². The summed E-state index contributed by atoms with van der Waals surface area (Å²) in [7, 11) is 0. The number of carbonyl (C=O) groups excluding carboxylic acids is 1. The highest BCUT2D eigenvalue weighted by Gasteiger charge is 2.20. The first-order chi connectivity index (χ1) is 13.6. The maximum Gasteiger partial charge on any atom is 0.297 e. The Balaban J connectivity index is 1.50. The van der Waals surface area contributed by atoms with E-state index in [9.17, 15) is 4.79 Å². The number of hydrogen-bond donors (Lipinski definition) is 1. The minimum Gasteiger partial charge on any atom is -0.432 e. The molecule has 0 saturated heterocycles. The minimum atomic E-state index is -0.129. The number of benzene rings is 1. The van der Waals surface area contributed by atoms with Crippen molar-refractivity contribution in [1.29, 1.82) is 0 Å². The van der Waals surface area contributed by atoms with Crippen LogP contribution in [0.25, 0.3) is 5.57 Å². The van der Waals surface area contributed by atoms with E-state index < -0.39 is 0 Å². The van der Waals surface area contributed by atoms with E-state index in [1.165, 1.54) is 11.1 Å². The molecule has 0 spiro atoms. The molecule has 0 fully saturated rings. The maximum absolute atomic E-state index is 12.5. The Kier molecular flexibility index (Phi) is 4.93. The predicted molar refractivity (Wildman–Crippen MR) is 109 cm³/mol. The second-order valence-electron chi connectivity index (χ2n) is 6.97. The van der Waals surface area contributed by atoms with Gasteiger partial charge < -0.3 is 14.6 Å². The molecule has 1 aliphatic rings.